The molecule has 0 bridgehead atoms. The van der Waals surface area contributed by atoms with Crippen LogP contribution in [0.1, 0.15) is 79.1 Å². The number of hydrogen-bond donors (Lipinski definition) is 0. The summed E-state index contributed by atoms with van der Waals surface area (Å²) in [6.45, 7) is 8.47. The normalized spacial score (nSPS) is 12.7. The van der Waals surface area contributed by atoms with Crippen LogP contribution >= 0.6 is 0 Å². The van der Waals surface area contributed by atoms with Gasteiger partial charge in [-0.15, -0.1) is 0 Å². The number of benzene rings is 3. The summed E-state index contributed by atoms with van der Waals surface area (Å²) in [5.74, 6) is 0.541. The van der Waals surface area contributed by atoms with Crippen molar-refractivity contribution in [3.63, 3.8) is 0 Å². The third kappa shape index (κ3) is 7.40. The number of unbranched alkanes of at least 4 members (excludes halogenated alkanes) is 4. The number of fused-ring (bicyclic) bond motifs is 2. The summed E-state index contributed by atoms with van der Waals surface area (Å²) >= 11 is 0. The van der Waals surface area contributed by atoms with Gasteiger partial charge in [0.15, 0.2) is 12.2 Å². The molecule has 38 heavy (non-hydrogen) atoms. The Balaban J connectivity index is 2.11. The van der Waals surface area contributed by atoms with Crippen LogP contribution in [0.3, 0.4) is 0 Å². The van der Waals surface area contributed by atoms with E-state index in [2.05, 4.69) is 13.8 Å². The molecule has 3 aromatic rings. The molecule has 6 nitrogen and oxygen atoms in total. The summed E-state index contributed by atoms with van der Waals surface area (Å²) in [6, 6.07) is 15.6. The zero-order valence-corrected chi connectivity index (χ0v) is 23.3. The van der Waals surface area contributed by atoms with Crippen molar-refractivity contribution in [3.8, 4) is 11.5 Å². The fraction of sp³-hybridized carbons (Fsp3) is 0.500. The Kier molecular flexibility index (Phi) is 11.7. The van der Waals surface area contributed by atoms with Crippen LogP contribution in [0.5, 0.6) is 11.5 Å². The maximum Gasteiger partial charge on any atom is 0.347 e. The lowest BCUT2D eigenvalue weighted by atomic mass is 10.00. The van der Waals surface area contributed by atoms with Gasteiger partial charge in [0, 0.05) is 21.5 Å². The van der Waals surface area contributed by atoms with Gasteiger partial charge in [0.1, 0.15) is 11.5 Å². The summed E-state index contributed by atoms with van der Waals surface area (Å²) in [5.41, 5.74) is 0. The highest BCUT2D eigenvalue weighted by molar-refractivity contribution is 6.11. The van der Waals surface area contributed by atoms with Gasteiger partial charge in [0.25, 0.3) is 0 Å². The average Bonchev–Trinajstić information content (AvgIpc) is 2.93. The van der Waals surface area contributed by atoms with Crippen molar-refractivity contribution in [2.24, 2.45) is 0 Å². The van der Waals surface area contributed by atoms with E-state index in [9.17, 15) is 9.59 Å². The number of ether oxygens (including phenoxy) is 4. The van der Waals surface area contributed by atoms with Gasteiger partial charge in [-0.25, -0.2) is 9.59 Å². The summed E-state index contributed by atoms with van der Waals surface area (Å²) < 4.78 is 23.7. The fourth-order valence-corrected chi connectivity index (χ4v) is 4.67. The number of esters is 2. The van der Waals surface area contributed by atoms with Crippen molar-refractivity contribution in [1.29, 1.82) is 0 Å². The van der Waals surface area contributed by atoms with Gasteiger partial charge in [-0.05, 0) is 39.5 Å². The van der Waals surface area contributed by atoms with E-state index in [0.717, 1.165) is 60.1 Å². The standard InChI is InChI=1S/C32H42O6/c1-5-9-11-21-27(31(33)35-7-3)37-29-23-17-13-15-19-25(23)30(26-20-16-14-18-24(26)29)38-28(22-12-10-6-2)32(34)36-8-4/h13-20,27-28H,5-12,21-22H2,1-4H3. The molecule has 3 rings (SSSR count). The minimum absolute atomic E-state index is 0.300. The first-order chi connectivity index (χ1) is 18.5. The molecular weight excluding hydrogens is 480 g/mol. The van der Waals surface area contributed by atoms with Gasteiger partial charge in [0.05, 0.1) is 13.2 Å². The Morgan fingerprint density at radius 2 is 0.921 bits per heavy atom. The van der Waals surface area contributed by atoms with Crippen LogP contribution in [-0.4, -0.2) is 37.4 Å². The first kappa shape index (κ1) is 29.3. The highest BCUT2D eigenvalue weighted by atomic mass is 16.6. The second-order valence-corrected chi connectivity index (χ2v) is 9.46. The molecule has 6 heteroatoms. The largest absolute Gasteiger partial charge is 0.477 e. The zero-order chi connectivity index (χ0) is 27.3. The van der Waals surface area contributed by atoms with Crippen molar-refractivity contribution in [3.05, 3.63) is 48.5 Å². The summed E-state index contributed by atoms with van der Waals surface area (Å²) in [7, 11) is 0. The van der Waals surface area contributed by atoms with Crippen LogP contribution in [-0.2, 0) is 19.1 Å². The highest BCUT2D eigenvalue weighted by Crippen LogP contribution is 2.44. The lowest BCUT2D eigenvalue weighted by molar-refractivity contribution is -0.152. The molecule has 0 heterocycles. The van der Waals surface area contributed by atoms with Crippen LogP contribution < -0.4 is 9.47 Å². The van der Waals surface area contributed by atoms with Gasteiger partial charge >= 0.3 is 11.9 Å². The maximum atomic E-state index is 12.9. The molecule has 2 unspecified atom stereocenters. The molecule has 0 aliphatic heterocycles. The monoisotopic (exact) mass is 522 g/mol. The van der Waals surface area contributed by atoms with Crippen molar-refractivity contribution in [2.45, 2.75) is 91.3 Å². The third-order valence-corrected chi connectivity index (χ3v) is 6.59. The van der Waals surface area contributed by atoms with Crippen LogP contribution in [0.15, 0.2) is 48.5 Å². The van der Waals surface area contributed by atoms with E-state index in [1.807, 2.05) is 48.5 Å². The minimum atomic E-state index is -0.707. The number of carbonyl (C=O) groups is 2. The molecule has 0 aliphatic carbocycles. The van der Waals surface area contributed by atoms with Crippen molar-refractivity contribution in [1.82, 2.24) is 0 Å². The Bertz CT molecular complexity index is 1040. The lowest BCUT2D eigenvalue weighted by Crippen LogP contribution is -2.30. The highest BCUT2D eigenvalue weighted by Gasteiger charge is 2.27. The van der Waals surface area contributed by atoms with E-state index < -0.39 is 12.2 Å². The summed E-state index contributed by atoms with van der Waals surface area (Å²) in [5, 5.41) is 3.29. The van der Waals surface area contributed by atoms with Gasteiger partial charge in [-0.1, -0.05) is 88.1 Å². The second-order valence-electron chi connectivity index (χ2n) is 9.46. The van der Waals surface area contributed by atoms with E-state index >= 15 is 0 Å². The molecule has 0 saturated carbocycles. The molecule has 206 valence electrons. The molecule has 0 aliphatic rings. The topological polar surface area (TPSA) is 71.1 Å². The van der Waals surface area contributed by atoms with Crippen molar-refractivity contribution >= 4 is 33.5 Å². The van der Waals surface area contributed by atoms with Crippen LogP contribution in [0.2, 0.25) is 0 Å². The molecule has 0 aromatic heterocycles. The molecule has 3 aromatic carbocycles. The molecule has 0 amide bonds. The van der Waals surface area contributed by atoms with Crippen molar-refractivity contribution < 1.29 is 28.5 Å². The predicted octanol–water partition coefficient (Wildman–Crippen LogP) is 7.77. The summed E-state index contributed by atoms with van der Waals surface area (Å²) in [4.78, 5) is 25.7. The quantitative estimate of drug-likeness (QED) is 0.109. The Morgan fingerprint density at radius 3 is 1.21 bits per heavy atom. The Morgan fingerprint density at radius 1 is 0.579 bits per heavy atom. The van der Waals surface area contributed by atoms with Gasteiger partial charge in [-0.2, -0.15) is 0 Å². The smallest absolute Gasteiger partial charge is 0.347 e. The van der Waals surface area contributed by atoms with Gasteiger partial charge < -0.3 is 18.9 Å². The minimum Gasteiger partial charge on any atom is -0.477 e. The molecule has 0 N–H and O–H groups in total. The Hall–Kier alpha value is -3.28. The maximum absolute atomic E-state index is 12.9. The summed E-state index contributed by atoms with van der Waals surface area (Å²) in [6.07, 6.45) is 5.61. The van der Waals surface area contributed by atoms with E-state index in [-0.39, 0.29) is 11.9 Å². The second kappa shape index (κ2) is 15.2. The fourth-order valence-electron chi connectivity index (χ4n) is 4.67. The average molecular weight is 523 g/mol. The van der Waals surface area contributed by atoms with E-state index in [1.165, 1.54) is 0 Å². The van der Waals surface area contributed by atoms with Crippen molar-refractivity contribution in [2.75, 3.05) is 13.2 Å². The van der Waals surface area contributed by atoms with Crippen LogP contribution in [0, 0.1) is 0 Å². The van der Waals surface area contributed by atoms with E-state index in [0.29, 0.717) is 37.6 Å². The zero-order valence-electron chi connectivity index (χ0n) is 23.3. The predicted molar refractivity (Wildman–Crippen MR) is 152 cm³/mol. The SMILES string of the molecule is CCCCCC(Oc1c2ccccc2c(OC(CCCCC)C(=O)OCC)c2ccccc12)C(=O)OCC. The van der Waals surface area contributed by atoms with E-state index in [1.54, 1.807) is 13.8 Å². The number of carbonyl (C=O) groups excluding carboxylic acids is 2. The first-order valence-electron chi connectivity index (χ1n) is 14.2. The lowest BCUT2D eigenvalue weighted by Gasteiger charge is -2.24. The molecule has 0 saturated heterocycles. The van der Waals surface area contributed by atoms with Crippen LogP contribution in [0.25, 0.3) is 21.5 Å². The molecular formula is C32H42O6. The third-order valence-electron chi connectivity index (χ3n) is 6.59. The number of hydrogen-bond acceptors (Lipinski definition) is 6. The molecule has 0 spiro atoms. The molecule has 0 fully saturated rings. The van der Waals surface area contributed by atoms with E-state index in [4.69, 9.17) is 18.9 Å². The molecule has 0 radical (unpaired) electrons. The van der Waals surface area contributed by atoms with Gasteiger partial charge in [-0.3, -0.25) is 0 Å². The molecule has 2 atom stereocenters. The van der Waals surface area contributed by atoms with Gasteiger partial charge in [0.2, 0.25) is 0 Å². The Labute approximate surface area is 226 Å². The number of rotatable bonds is 16. The first-order valence-corrected chi connectivity index (χ1v) is 14.2. The van der Waals surface area contributed by atoms with Crippen LogP contribution in [0.4, 0.5) is 0 Å².